The zero-order chi connectivity index (χ0) is 8.27. The van der Waals surface area contributed by atoms with Gasteiger partial charge >= 0.3 is 0 Å². The molecule has 62 valence electrons. The Morgan fingerprint density at radius 3 is 2.91 bits per heavy atom. The van der Waals surface area contributed by atoms with Crippen molar-refractivity contribution in [1.29, 1.82) is 0 Å². The number of hydrogen-bond acceptors (Lipinski definition) is 2. The van der Waals surface area contributed by atoms with Crippen molar-refractivity contribution < 1.29 is 0 Å². The molecule has 1 rings (SSSR count). The Kier molecular flexibility index (Phi) is 3.02. The van der Waals surface area contributed by atoms with E-state index in [4.69, 9.17) is 12.2 Å². The van der Waals surface area contributed by atoms with E-state index < -0.39 is 0 Å². The van der Waals surface area contributed by atoms with Crippen LogP contribution in [0.5, 0.6) is 0 Å². The molecule has 0 aromatic rings. The minimum Gasteiger partial charge on any atom is -0.278 e. The lowest BCUT2D eigenvalue weighted by atomic mass is 10.2. The van der Waals surface area contributed by atoms with Crippen LogP contribution in [0.3, 0.4) is 0 Å². The largest absolute Gasteiger partial charge is 0.278 e. The van der Waals surface area contributed by atoms with Crippen molar-refractivity contribution >= 4 is 17.2 Å². The van der Waals surface area contributed by atoms with E-state index in [0.29, 0.717) is 6.04 Å². The van der Waals surface area contributed by atoms with Gasteiger partial charge in [0.15, 0.2) is 0 Å². The van der Waals surface area contributed by atoms with E-state index >= 15 is 0 Å². The molecule has 0 aliphatic carbocycles. The van der Waals surface area contributed by atoms with Crippen molar-refractivity contribution in [3.63, 3.8) is 0 Å². The molecule has 0 atom stereocenters. The lowest BCUT2D eigenvalue weighted by Gasteiger charge is -2.26. The first kappa shape index (κ1) is 8.68. The summed E-state index contributed by atoms with van der Waals surface area (Å²) in [6.07, 6.45) is 6.21. The van der Waals surface area contributed by atoms with Crippen LogP contribution in [0.15, 0.2) is 12.3 Å². The fourth-order valence-corrected chi connectivity index (χ4v) is 1.21. The molecule has 0 amide bonds. The number of rotatable bonds is 2. The van der Waals surface area contributed by atoms with Crippen molar-refractivity contribution in [2.45, 2.75) is 32.7 Å². The van der Waals surface area contributed by atoms with Crippen LogP contribution in [0.4, 0.5) is 0 Å². The lowest BCUT2D eigenvalue weighted by Crippen LogP contribution is -2.42. The predicted molar refractivity (Wildman–Crippen MR) is 51.1 cm³/mol. The molecule has 0 radical (unpaired) electrons. The second-order valence-electron chi connectivity index (χ2n) is 2.97. The molecule has 2 nitrogen and oxygen atoms in total. The van der Waals surface area contributed by atoms with Crippen LogP contribution < -0.4 is 5.43 Å². The van der Waals surface area contributed by atoms with Crippen molar-refractivity contribution in [3.05, 3.63) is 12.3 Å². The topological polar surface area (TPSA) is 15.3 Å². The molecule has 0 bridgehead atoms. The molecule has 0 saturated heterocycles. The van der Waals surface area contributed by atoms with Gasteiger partial charge in [0.05, 0.1) is 4.99 Å². The first-order valence-corrected chi connectivity index (χ1v) is 4.36. The Bertz CT molecular complexity index is 175. The Hall–Kier alpha value is -0.410. The second-order valence-corrected chi connectivity index (χ2v) is 3.44. The first-order chi connectivity index (χ1) is 5.20. The van der Waals surface area contributed by atoms with E-state index in [2.05, 4.69) is 25.3 Å². The Morgan fingerprint density at radius 2 is 2.36 bits per heavy atom. The minimum absolute atomic E-state index is 0.440. The van der Waals surface area contributed by atoms with Crippen molar-refractivity contribution in [1.82, 2.24) is 10.4 Å². The third kappa shape index (κ3) is 2.60. The third-order valence-electron chi connectivity index (χ3n) is 1.45. The molecule has 1 aliphatic rings. The Balaban J connectivity index is 2.48. The molecular formula is C8H14N2S. The summed E-state index contributed by atoms with van der Waals surface area (Å²) in [7, 11) is 0. The van der Waals surface area contributed by atoms with Crippen LogP contribution in [0.2, 0.25) is 0 Å². The van der Waals surface area contributed by atoms with E-state index in [1.165, 1.54) is 0 Å². The van der Waals surface area contributed by atoms with Gasteiger partial charge in [0.2, 0.25) is 0 Å². The van der Waals surface area contributed by atoms with Crippen molar-refractivity contribution in [2.75, 3.05) is 0 Å². The summed E-state index contributed by atoms with van der Waals surface area (Å²) in [4.78, 5) is 0.987. The van der Waals surface area contributed by atoms with Crippen LogP contribution in [0.1, 0.15) is 26.7 Å². The van der Waals surface area contributed by atoms with Gasteiger partial charge in [0.25, 0.3) is 0 Å². The normalized spacial score (nSPS) is 18.1. The zero-order valence-corrected chi connectivity index (χ0v) is 7.82. The summed E-state index contributed by atoms with van der Waals surface area (Å²) >= 11 is 5.16. The molecular weight excluding hydrogens is 156 g/mol. The quantitative estimate of drug-likeness (QED) is 0.637. The summed E-state index contributed by atoms with van der Waals surface area (Å²) in [5.74, 6) is 0. The summed E-state index contributed by atoms with van der Waals surface area (Å²) in [5, 5.41) is 1.93. The van der Waals surface area contributed by atoms with E-state index in [9.17, 15) is 0 Å². The molecule has 11 heavy (non-hydrogen) atoms. The molecule has 0 aromatic heterocycles. The highest BCUT2D eigenvalue weighted by molar-refractivity contribution is 7.80. The highest BCUT2D eigenvalue weighted by atomic mass is 32.1. The van der Waals surface area contributed by atoms with Crippen LogP contribution >= 0.6 is 12.2 Å². The number of hydrogen-bond donors (Lipinski definition) is 1. The van der Waals surface area contributed by atoms with E-state index in [-0.39, 0.29) is 0 Å². The minimum atomic E-state index is 0.440. The van der Waals surface area contributed by atoms with Gasteiger partial charge in [-0.2, -0.15) is 0 Å². The molecule has 0 fully saturated rings. The van der Waals surface area contributed by atoms with Crippen molar-refractivity contribution in [2.24, 2.45) is 0 Å². The molecule has 0 saturated carbocycles. The van der Waals surface area contributed by atoms with Crippen LogP contribution in [0, 0.1) is 0 Å². The fraction of sp³-hybridized carbons (Fsp3) is 0.625. The van der Waals surface area contributed by atoms with Gasteiger partial charge in [-0.3, -0.25) is 5.01 Å². The molecule has 1 aliphatic heterocycles. The lowest BCUT2D eigenvalue weighted by molar-refractivity contribution is 0.353. The van der Waals surface area contributed by atoms with Gasteiger partial charge in [-0.05, 0) is 20.3 Å². The maximum Gasteiger partial charge on any atom is 0.0973 e. The van der Waals surface area contributed by atoms with Crippen molar-refractivity contribution in [3.8, 4) is 0 Å². The number of thiocarbonyl (C=S) groups is 1. The molecule has 0 spiro atoms. The van der Waals surface area contributed by atoms with Gasteiger partial charge in [0.1, 0.15) is 0 Å². The molecule has 0 aromatic carbocycles. The van der Waals surface area contributed by atoms with E-state index in [1.54, 1.807) is 0 Å². The Labute approximate surface area is 73.2 Å². The summed E-state index contributed by atoms with van der Waals surface area (Å²) in [6, 6.07) is 0.440. The summed E-state index contributed by atoms with van der Waals surface area (Å²) in [6.45, 7) is 4.20. The molecule has 1 heterocycles. The average molecular weight is 170 g/mol. The van der Waals surface area contributed by atoms with E-state index in [1.807, 2.05) is 11.2 Å². The van der Waals surface area contributed by atoms with Gasteiger partial charge < -0.3 is 0 Å². The zero-order valence-electron chi connectivity index (χ0n) is 7.00. The first-order valence-electron chi connectivity index (χ1n) is 3.95. The van der Waals surface area contributed by atoms with Gasteiger partial charge in [-0.1, -0.05) is 18.3 Å². The van der Waals surface area contributed by atoms with Crippen LogP contribution in [-0.2, 0) is 0 Å². The van der Waals surface area contributed by atoms with Crippen LogP contribution in [0.25, 0.3) is 0 Å². The smallest absolute Gasteiger partial charge is 0.0973 e. The maximum atomic E-state index is 5.16. The predicted octanol–water partition coefficient (Wildman–Crippen LogP) is 1.84. The highest BCUT2D eigenvalue weighted by Crippen LogP contribution is 2.07. The number of nitrogens with one attached hydrogen (secondary N) is 1. The molecule has 0 unspecified atom stereocenters. The van der Waals surface area contributed by atoms with Crippen LogP contribution in [-0.4, -0.2) is 16.0 Å². The van der Waals surface area contributed by atoms with Gasteiger partial charge in [0, 0.05) is 18.7 Å². The number of hydrazine groups is 1. The van der Waals surface area contributed by atoms with Gasteiger partial charge in [-0.25, -0.2) is 5.43 Å². The Morgan fingerprint density at radius 1 is 1.64 bits per heavy atom. The average Bonchev–Trinajstić information content (AvgIpc) is 1.93. The SMILES string of the molecule is CC(C)NN1C=CCCC1=S. The standard InChI is InChI=1S/C8H14N2S/c1-7(2)9-10-6-4-3-5-8(10)11/h4,6-7,9H,3,5H2,1-2H3. The fourth-order valence-electron chi connectivity index (χ4n) is 0.984. The number of allylic oxidation sites excluding steroid dienone is 1. The summed E-state index contributed by atoms with van der Waals surface area (Å²) < 4.78 is 0. The maximum absolute atomic E-state index is 5.16. The monoisotopic (exact) mass is 170 g/mol. The molecule has 3 heteroatoms. The second kappa shape index (κ2) is 3.83. The third-order valence-corrected chi connectivity index (χ3v) is 1.85. The number of nitrogens with zero attached hydrogens (tertiary/aromatic N) is 1. The molecule has 1 N–H and O–H groups in total. The van der Waals surface area contributed by atoms with E-state index in [0.717, 1.165) is 17.8 Å². The summed E-state index contributed by atoms with van der Waals surface area (Å²) in [5.41, 5.74) is 3.24. The van der Waals surface area contributed by atoms with Gasteiger partial charge in [-0.15, -0.1) is 0 Å². The highest BCUT2D eigenvalue weighted by Gasteiger charge is 2.09.